The average molecular weight is 362 g/mol. The summed E-state index contributed by atoms with van der Waals surface area (Å²) >= 11 is 0. The van der Waals surface area contributed by atoms with Gasteiger partial charge in [-0.3, -0.25) is 0 Å². The van der Waals surface area contributed by atoms with Crippen LogP contribution in [-0.2, 0) is 0 Å². The van der Waals surface area contributed by atoms with Crippen LogP contribution in [0.4, 0.5) is 13.2 Å². The van der Waals surface area contributed by atoms with E-state index in [9.17, 15) is 18.0 Å². The van der Waals surface area contributed by atoms with Gasteiger partial charge in [-0.05, 0) is 31.2 Å². The highest BCUT2D eigenvalue weighted by Gasteiger charge is 2.32. The van der Waals surface area contributed by atoms with Crippen LogP contribution < -0.4 is 15.1 Å². The first-order chi connectivity index (χ1) is 12.2. The molecule has 0 fully saturated rings. The van der Waals surface area contributed by atoms with E-state index in [1.54, 1.807) is 19.1 Å². The second-order valence-electron chi connectivity index (χ2n) is 5.50. The van der Waals surface area contributed by atoms with Gasteiger partial charge in [-0.25, -0.2) is 4.79 Å². The summed E-state index contributed by atoms with van der Waals surface area (Å²) in [4.78, 5) is 12.3. The molecular weight excluding hydrogens is 349 g/mol. The molecule has 0 bridgehead atoms. The number of benzene rings is 2. The van der Waals surface area contributed by atoms with Crippen LogP contribution in [0, 0.1) is 0 Å². The third-order valence-corrected chi connectivity index (χ3v) is 3.40. The number of fused-ring (bicyclic) bond motifs is 1. The molecule has 0 spiro atoms. The molecule has 0 unspecified atom stereocenters. The van der Waals surface area contributed by atoms with Crippen molar-refractivity contribution >= 4 is 11.0 Å². The normalized spacial score (nSPS) is 11.4. The second kappa shape index (κ2) is 6.59. The molecule has 26 heavy (non-hydrogen) atoms. The molecule has 2 aromatic carbocycles. The first-order valence-electron chi connectivity index (χ1n) is 7.49. The van der Waals surface area contributed by atoms with Crippen molar-refractivity contribution in [2.45, 2.75) is 13.3 Å². The number of rotatable bonds is 4. The Morgan fingerprint density at radius 3 is 2.50 bits per heavy atom. The Balaban J connectivity index is 2.11. The lowest BCUT2D eigenvalue weighted by Crippen LogP contribution is -2.18. The molecule has 4 nitrogen and oxygen atoms in total. The van der Waals surface area contributed by atoms with Crippen molar-refractivity contribution < 1.29 is 27.1 Å². The van der Waals surface area contributed by atoms with E-state index in [-0.39, 0.29) is 16.7 Å². The Morgan fingerprint density at radius 2 is 1.81 bits per heavy atom. The summed E-state index contributed by atoms with van der Waals surface area (Å²) in [5.41, 5.74) is -0.594. The molecule has 0 saturated carbocycles. The fraction of sp³-hybridized carbons (Fsp3) is 0.105. The van der Waals surface area contributed by atoms with Gasteiger partial charge in [0, 0.05) is 17.0 Å². The molecule has 0 radical (unpaired) electrons. The van der Waals surface area contributed by atoms with E-state index in [0.29, 0.717) is 16.9 Å². The van der Waals surface area contributed by atoms with Gasteiger partial charge in [-0.15, -0.1) is 13.2 Å². The van der Waals surface area contributed by atoms with Crippen molar-refractivity contribution in [3.05, 3.63) is 71.3 Å². The lowest BCUT2D eigenvalue weighted by Gasteiger charge is -2.13. The van der Waals surface area contributed by atoms with Crippen molar-refractivity contribution in [1.29, 1.82) is 0 Å². The molecular formula is C19H13F3O4. The van der Waals surface area contributed by atoms with Gasteiger partial charge in [0.2, 0.25) is 0 Å². The summed E-state index contributed by atoms with van der Waals surface area (Å²) in [5, 5.41) is 0.524. The third-order valence-electron chi connectivity index (χ3n) is 3.40. The second-order valence-corrected chi connectivity index (χ2v) is 5.50. The molecule has 0 amide bonds. The standard InChI is InChI=1S/C19H13F3O4/c1-11(2)24-13-8-7-12-9-15(18(23)25-17(12)10-13)14-5-3-4-6-16(14)26-19(20,21)22/h3-10H,1H2,2H3. The van der Waals surface area contributed by atoms with Crippen molar-refractivity contribution in [2.24, 2.45) is 0 Å². The maximum Gasteiger partial charge on any atom is 0.573 e. The van der Waals surface area contributed by atoms with E-state index < -0.39 is 17.7 Å². The van der Waals surface area contributed by atoms with E-state index in [1.165, 1.54) is 30.3 Å². The number of hydrogen-bond donors (Lipinski definition) is 0. The molecule has 7 heteroatoms. The number of alkyl halides is 3. The van der Waals surface area contributed by atoms with Gasteiger partial charge in [0.15, 0.2) is 0 Å². The predicted molar refractivity (Wildman–Crippen MR) is 90.0 cm³/mol. The van der Waals surface area contributed by atoms with Gasteiger partial charge < -0.3 is 13.9 Å². The van der Waals surface area contributed by atoms with Crippen molar-refractivity contribution in [3.8, 4) is 22.6 Å². The van der Waals surface area contributed by atoms with Gasteiger partial charge in [-0.2, -0.15) is 0 Å². The van der Waals surface area contributed by atoms with E-state index in [2.05, 4.69) is 11.3 Å². The fourth-order valence-corrected chi connectivity index (χ4v) is 2.45. The number of ether oxygens (including phenoxy) is 2. The van der Waals surface area contributed by atoms with Crippen molar-refractivity contribution in [3.63, 3.8) is 0 Å². The fourth-order valence-electron chi connectivity index (χ4n) is 2.45. The van der Waals surface area contributed by atoms with Gasteiger partial charge in [-0.1, -0.05) is 24.8 Å². The van der Waals surface area contributed by atoms with Crippen LogP contribution in [0.5, 0.6) is 11.5 Å². The van der Waals surface area contributed by atoms with E-state index in [0.717, 1.165) is 6.07 Å². The quantitative estimate of drug-likeness (QED) is 0.469. The Hall–Kier alpha value is -3.22. The van der Waals surface area contributed by atoms with E-state index in [1.807, 2.05) is 0 Å². The number of hydrogen-bond acceptors (Lipinski definition) is 4. The smallest absolute Gasteiger partial charge is 0.463 e. The zero-order valence-corrected chi connectivity index (χ0v) is 13.6. The molecule has 0 atom stereocenters. The highest BCUT2D eigenvalue weighted by molar-refractivity contribution is 5.84. The minimum absolute atomic E-state index is 0.0114. The lowest BCUT2D eigenvalue weighted by atomic mass is 10.0. The van der Waals surface area contributed by atoms with Gasteiger partial charge in [0.25, 0.3) is 0 Å². The topological polar surface area (TPSA) is 48.7 Å². The highest BCUT2D eigenvalue weighted by atomic mass is 19.4. The number of halogens is 3. The lowest BCUT2D eigenvalue weighted by molar-refractivity contribution is -0.274. The first kappa shape index (κ1) is 17.6. The molecule has 3 rings (SSSR count). The number of para-hydroxylation sites is 1. The minimum Gasteiger partial charge on any atom is -0.463 e. The van der Waals surface area contributed by atoms with Gasteiger partial charge >= 0.3 is 12.0 Å². The Morgan fingerprint density at radius 1 is 1.08 bits per heavy atom. The van der Waals surface area contributed by atoms with Crippen LogP contribution in [0.15, 0.2) is 70.1 Å². The van der Waals surface area contributed by atoms with Crippen LogP contribution >= 0.6 is 0 Å². The van der Waals surface area contributed by atoms with Crippen LogP contribution in [0.1, 0.15) is 6.92 Å². The largest absolute Gasteiger partial charge is 0.573 e. The maximum absolute atomic E-state index is 12.6. The summed E-state index contributed by atoms with van der Waals surface area (Å²) in [5.74, 6) is 0.414. The summed E-state index contributed by atoms with van der Waals surface area (Å²) < 4.78 is 52.4. The van der Waals surface area contributed by atoms with Crippen LogP contribution in [0.3, 0.4) is 0 Å². The van der Waals surface area contributed by atoms with Crippen LogP contribution in [0.2, 0.25) is 0 Å². The predicted octanol–water partition coefficient (Wildman–Crippen LogP) is 5.27. The summed E-state index contributed by atoms with van der Waals surface area (Å²) in [6.45, 7) is 5.29. The zero-order chi connectivity index (χ0) is 18.9. The zero-order valence-electron chi connectivity index (χ0n) is 13.6. The first-order valence-corrected chi connectivity index (χ1v) is 7.49. The molecule has 0 aliphatic heterocycles. The molecule has 0 aliphatic carbocycles. The van der Waals surface area contributed by atoms with Gasteiger partial charge in [0.1, 0.15) is 17.1 Å². The van der Waals surface area contributed by atoms with E-state index >= 15 is 0 Å². The van der Waals surface area contributed by atoms with Crippen molar-refractivity contribution in [1.82, 2.24) is 0 Å². The molecule has 3 aromatic rings. The SMILES string of the molecule is C=C(C)Oc1ccc2cc(-c3ccccc3OC(F)(F)F)c(=O)oc2c1. The van der Waals surface area contributed by atoms with Crippen LogP contribution in [0.25, 0.3) is 22.1 Å². The molecule has 0 N–H and O–H groups in total. The molecule has 0 aliphatic rings. The molecule has 0 saturated heterocycles. The monoisotopic (exact) mass is 362 g/mol. The molecule has 134 valence electrons. The number of allylic oxidation sites excluding steroid dienone is 1. The Bertz CT molecular complexity index is 1030. The highest BCUT2D eigenvalue weighted by Crippen LogP contribution is 2.33. The Kier molecular flexibility index (Phi) is 4.46. The van der Waals surface area contributed by atoms with Crippen LogP contribution in [-0.4, -0.2) is 6.36 Å². The summed E-state index contributed by atoms with van der Waals surface area (Å²) in [7, 11) is 0. The van der Waals surface area contributed by atoms with E-state index in [4.69, 9.17) is 9.15 Å². The van der Waals surface area contributed by atoms with Crippen molar-refractivity contribution in [2.75, 3.05) is 0 Å². The third kappa shape index (κ3) is 3.88. The molecule has 1 aromatic heterocycles. The molecule has 1 heterocycles. The summed E-state index contributed by atoms with van der Waals surface area (Å²) in [6.07, 6.45) is -4.87. The Labute approximate surface area is 146 Å². The summed E-state index contributed by atoms with van der Waals surface area (Å²) in [6, 6.07) is 11.6. The minimum atomic E-state index is -4.87. The average Bonchev–Trinajstić information content (AvgIpc) is 2.53. The maximum atomic E-state index is 12.6. The van der Waals surface area contributed by atoms with Gasteiger partial charge in [0.05, 0.1) is 11.3 Å².